The first kappa shape index (κ1) is 24.5. The number of fused-ring (bicyclic) bond motifs is 1. The second-order valence-electron chi connectivity index (χ2n) is 7.60. The van der Waals surface area contributed by atoms with E-state index < -0.39 is 17.5 Å². The molecule has 174 valence electrons. The minimum Gasteiger partial charge on any atom is -0.463 e. The predicted octanol–water partition coefficient (Wildman–Crippen LogP) is 3.76. The SMILES string of the molecule is CCOC(=O)C(Cc1cc(=O)[nH]c2ccccc12)(NC(=O)c1ccc(Cl)cc1)N(CC)CC. The fourth-order valence-corrected chi connectivity index (χ4v) is 4.19. The summed E-state index contributed by atoms with van der Waals surface area (Å²) in [5, 5.41) is 4.23. The van der Waals surface area contributed by atoms with Crippen molar-refractivity contribution in [3.63, 3.8) is 0 Å². The summed E-state index contributed by atoms with van der Waals surface area (Å²) in [5.41, 5.74) is -0.166. The van der Waals surface area contributed by atoms with Crippen LogP contribution >= 0.6 is 11.6 Å². The molecule has 3 rings (SSSR count). The van der Waals surface area contributed by atoms with Crippen molar-refractivity contribution in [2.24, 2.45) is 0 Å². The van der Waals surface area contributed by atoms with Gasteiger partial charge in [0, 0.05) is 34.0 Å². The number of amides is 1. The highest BCUT2D eigenvalue weighted by Crippen LogP contribution is 2.26. The van der Waals surface area contributed by atoms with Gasteiger partial charge in [0.15, 0.2) is 5.66 Å². The van der Waals surface area contributed by atoms with E-state index in [1.807, 2.05) is 36.9 Å². The molecule has 1 heterocycles. The molecule has 3 aromatic rings. The van der Waals surface area contributed by atoms with Gasteiger partial charge in [0.05, 0.1) is 6.61 Å². The van der Waals surface area contributed by atoms with Crippen LogP contribution in [0.4, 0.5) is 0 Å². The zero-order valence-electron chi connectivity index (χ0n) is 19.0. The summed E-state index contributed by atoms with van der Waals surface area (Å²) in [7, 11) is 0. The van der Waals surface area contributed by atoms with E-state index >= 15 is 0 Å². The van der Waals surface area contributed by atoms with E-state index in [9.17, 15) is 14.4 Å². The van der Waals surface area contributed by atoms with Gasteiger partial charge in [-0.1, -0.05) is 43.6 Å². The maximum absolute atomic E-state index is 13.5. The van der Waals surface area contributed by atoms with Crippen molar-refractivity contribution >= 4 is 34.4 Å². The summed E-state index contributed by atoms with van der Waals surface area (Å²) < 4.78 is 5.46. The molecule has 8 heteroatoms. The number of benzene rings is 2. The van der Waals surface area contributed by atoms with Crippen LogP contribution in [0.1, 0.15) is 36.7 Å². The summed E-state index contributed by atoms with van der Waals surface area (Å²) in [6.45, 7) is 6.61. The zero-order valence-corrected chi connectivity index (χ0v) is 19.7. The van der Waals surface area contributed by atoms with E-state index in [1.54, 1.807) is 37.3 Å². The Kier molecular flexibility index (Phi) is 7.89. The Morgan fingerprint density at radius 1 is 1.06 bits per heavy atom. The van der Waals surface area contributed by atoms with E-state index in [-0.39, 0.29) is 18.6 Å². The van der Waals surface area contributed by atoms with Crippen molar-refractivity contribution in [3.8, 4) is 0 Å². The fraction of sp³-hybridized carbons (Fsp3) is 0.320. The van der Waals surface area contributed by atoms with Crippen LogP contribution in [0.15, 0.2) is 59.4 Å². The maximum Gasteiger partial charge on any atom is 0.347 e. The number of rotatable bonds is 9. The molecular formula is C25H28ClN3O4. The Morgan fingerprint density at radius 2 is 1.73 bits per heavy atom. The predicted molar refractivity (Wildman–Crippen MR) is 129 cm³/mol. The number of nitrogens with one attached hydrogen (secondary N) is 2. The first-order valence-corrected chi connectivity index (χ1v) is 11.3. The number of esters is 1. The number of nitrogens with zero attached hydrogens (tertiary/aromatic N) is 1. The van der Waals surface area contributed by atoms with E-state index in [0.717, 1.165) is 5.39 Å². The lowest BCUT2D eigenvalue weighted by Gasteiger charge is -2.41. The van der Waals surface area contributed by atoms with Crippen molar-refractivity contribution < 1.29 is 14.3 Å². The minimum absolute atomic E-state index is 0.0529. The molecule has 1 amide bonds. The monoisotopic (exact) mass is 469 g/mol. The highest BCUT2D eigenvalue weighted by Gasteiger charge is 2.46. The standard InChI is InChI=1S/C25H28ClN3O4/c1-4-29(5-2)25(24(32)33-6-3,28-23(31)17-11-13-19(26)14-12-17)16-18-15-22(30)27-21-10-8-7-9-20(18)21/h7-15H,4-6,16H2,1-3H3,(H,27,30)(H,28,31). The van der Waals surface area contributed by atoms with Gasteiger partial charge >= 0.3 is 5.97 Å². The lowest BCUT2D eigenvalue weighted by molar-refractivity contribution is -0.160. The molecule has 0 saturated carbocycles. The largest absolute Gasteiger partial charge is 0.463 e. The number of pyridine rings is 1. The number of H-pyrrole nitrogens is 1. The summed E-state index contributed by atoms with van der Waals surface area (Å²) in [6, 6.07) is 15.3. The number of hydrogen-bond acceptors (Lipinski definition) is 5. The van der Waals surface area contributed by atoms with Crippen LogP contribution in [0, 0.1) is 0 Å². The molecular weight excluding hydrogens is 442 g/mol. The molecule has 0 radical (unpaired) electrons. The highest BCUT2D eigenvalue weighted by atomic mass is 35.5. The molecule has 0 fully saturated rings. The Bertz CT molecular complexity index is 1190. The van der Waals surface area contributed by atoms with E-state index in [0.29, 0.717) is 34.8 Å². The van der Waals surface area contributed by atoms with Gasteiger partial charge in [-0.25, -0.2) is 4.79 Å². The van der Waals surface area contributed by atoms with E-state index in [1.165, 1.54) is 6.07 Å². The zero-order chi connectivity index (χ0) is 24.0. The molecule has 7 nitrogen and oxygen atoms in total. The first-order chi connectivity index (χ1) is 15.8. The number of carbonyl (C=O) groups is 2. The highest BCUT2D eigenvalue weighted by molar-refractivity contribution is 6.30. The summed E-state index contributed by atoms with van der Waals surface area (Å²) >= 11 is 5.97. The second-order valence-corrected chi connectivity index (χ2v) is 8.03. The van der Waals surface area contributed by atoms with E-state index in [2.05, 4.69) is 10.3 Å². The van der Waals surface area contributed by atoms with Gasteiger partial charge < -0.3 is 15.0 Å². The molecule has 0 saturated heterocycles. The molecule has 2 aromatic carbocycles. The summed E-state index contributed by atoms with van der Waals surface area (Å²) in [5.74, 6) is -1.03. The lowest BCUT2D eigenvalue weighted by Crippen LogP contribution is -2.67. The molecule has 1 atom stereocenters. The second kappa shape index (κ2) is 10.6. The first-order valence-electron chi connectivity index (χ1n) is 11.0. The van der Waals surface area contributed by atoms with Crippen molar-refractivity contribution in [1.82, 2.24) is 15.2 Å². The number of hydrogen-bond donors (Lipinski definition) is 2. The molecule has 0 spiro atoms. The van der Waals surface area contributed by atoms with Gasteiger partial charge in [0.2, 0.25) is 5.56 Å². The van der Waals surface area contributed by atoms with E-state index in [4.69, 9.17) is 16.3 Å². The average Bonchev–Trinajstić information content (AvgIpc) is 2.80. The van der Waals surface area contributed by atoms with Crippen LogP contribution < -0.4 is 10.9 Å². The summed E-state index contributed by atoms with van der Waals surface area (Å²) in [6.07, 6.45) is 0.0529. The quantitative estimate of drug-likeness (QED) is 0.368. The third-order valence-corrected chi connectivity index (χ3v) is 5.88. The number of halogens is 1. The molecule has 0 bridgehead atoms. The topological polar surface area (TPSA) is 91.5 Å². The number of aromatic nitrogens is 1. The van der Waals surface area contributed by atoms with Gasteiger partial charge in [-0.3, -0.25) is 14.5 Å². The smallest absolute Gasteiger partial charge is 0.347 e. The van der Waals surface area contributed by atoms with Crippen LogP contribution in [0.5, 0.6) is 0 Å². The van der Waals surface area contributed by atoms with Crippen molar-refractivity contribution in [1.29, 1.82) is 0 Å². The van der Waals surface area contributed by atoms with Crippen LogP contribution in [0.3, 0.4) is 0 Å². The number of likely N-dealkylation sites (N-methyl/N-ethyl adjacent to an activating group) is 1. The van der Waals surface area contributed by atoms with Crippen LogP contribution in [-0.2, 0) is 16.0 Å². The van der Waals surface area contributed by atoms with Crippen molar-refractivity contribution in [2.75, 3.05) is 19.7 Å². The number of para-hydroxylation sites is 1. The third kappa shape index (κ3) is 5.26. The maximum atomic E-state index is 13.5. The number of aromatic amines is 1. The van der Waals surface area contributed by atoms with Crippen LogP contribution in [-0.4, -0.2) is 47.1 Å². The molecule has 1 aromatic heterocycles. The Labute approximate surface area is 197 Å². The molecule has 1 unspecified atom stereocenters. The lowest BCUT2D eigenvalue weighted by atomic mass is 9.94. The van der Waals surface area contributed by atoms with Crippen molar-refractivity contribution in [3.05, 3.63) is 81.1 Å². The Hall–Kier alpha value is -3.16. The van der Waals surface area contributed by atoms with Crippen LogP contribution in [0.2, 0.25) is 5.02 Å². The summed E-state index contributed by atoms with van der Waals surface area (Å²) in [4.78, 5) is 43.8. The Balaban J connectivity index is 2.16. The van der Waals surface area contributed by atoms with Gasteiger partial charge in [-0.2, -0.15) is 0 Å². The van der Waals surface area contributed by atoms with Gasteiger partial charge in [-0.15, -0.1) is 0 Å². The molecule has 33 heavy (non-hydrogen) atoms. The van der Waals surface area contributed by atoms with Crippen LogP contribution in [0.25, 0.3) is 10.9 Å². The minimum atomic E-state index is -1.52. The molecule has 0 aliphatic rings. The average molecular weight is 470 g/mol. The third-order valence-electron chi connectivity index (χ3n) is 5.63. The Morgan fingerprint density at radius 3 is 2.36 bits per heavy atom. The van der Waals surface area contributed by atoms with Gasteiger partial charge in [-0.05, 0) is 55.9 Å². The number of ether oxygens (including phenoxy) is 1. The normalized spacial score (nSPS) is 13.0. The fourth-order valence-electron chi connectivity index (χ4n) is 4.06. The van der Waals surface area contributed by atoms with Gasteiger partial charge in [0.1, 0.15) is 0 Å². The molecule has 0 aliphatic carbocycles. The molecule has 0 aliphatic heterocycles. The van der Waals surface area contributed by atoms with Crippen molar-refractivity contribution in [2.45, 2.75) is 32.9 Å². The number of carbonyl (C=O) groups excluding carboxylic acids is 2. The molecule has 2 N–H and O–H groups in total. The van der Waals surface area contributed by atoms with Gasteiger partial charge in [0.25, 0.3) is 5.91 Å².